The van der Waals surface area contributed by atoms with E-state index in [1.54, 1.807) is 0 Å². The number of aromatic hydroxyl groups is 1. The summed E-state index contributed by atoms with van der Waals surface area (Å²) >= 11 is 0. The quantitative estimate of drug-likeness (QED) is 0.199. The Balaban J connectivity index is 1.32. The maximum absolute atomic E-state index is 11.7. The zero-order valence-corrected chi connectivity index (χ0v) is 31.4. The first-order valence-corrected chi connectivity index (χ1v) is 18.7. The van der Waals surface area contributed by atoms with Crippen LogP contribution in [0.1, 0.15) is 74.9 Å². The summed E-state index contributed by atoms with van der Waals surface area (Å²) in [7, 11) is 0. The SMILES string of the molecule is CC(C)(C)c1cc(N(c2ccccc2)c2cc(O)cc(-c3cccc4c3C3(c5ccccc5-c5ccccc53)c3ccccc3-4)c2)cc(C(C)(C)C)c1. The maximum atomic E-state index is 11.7. The molecule has 2 nitrogen and oxygen atoms in total. The smallest absolute Gasteiger partial charge is 0.118 e. The second kappa shape index (κ2) is 11.8. The Morgan fingerprint density at radius 1 is 0.415 bits per heavy atom. The molecular formula is C51H45NO. The molecule has 2 aliphatic carbocycles. The van der Waals surface area contributed by atoms with Gasteiger partial charge in [-0.15, -0.1) is 0 Å². The Kier molecular flexibility index (Phi) is 7.37. The van der Waals surface area contributed by atoms with Crippen molar-refractivity contribution in [3.8, 4) is 39.1 Å². The zero-order valence-electron chi connectivity index (χ0n) is 31.4. The van der Waals surface area contributed by atoms with Crippen molar-refractivity contribution in [2.75, 3.05) is 4.90 Å². The zero-order chi connectivity index (χ0) is 36.7. The van der Waals surface area contributed by atoms with Crippen LogP contribution in [0.3, 0.4) is 0 Å². The van der Waals surface area contributed by atoms with Gasteiger partial charge in [0.15, 0.2) is 0 Å². The van der Waals surface area contributed by atoms with Gasteiger partial charge in [-0.05, 0) is 114 Å². The van der Waals surface area contributed by atoms with E-state index in [1.807, 2.05) is 12.1 Å². The van der Waals surface area contributed by atoms with Crippen molar-refractivity contribution < 1.29 is 5.11 Å². The highest BCUT2D eigenvalue weighted by Crippen LogP contribution is 2.64. The molecular weight excluding hydrogens is 643 g/mol. The van der Waals surface area contributed by atoms with Crippen LogP contribution >= 0.6 is 0 Å². The molecule has 0 aliphatic heterocycles. The van der Waals surface area contributed by atoms with E-state index in [2.05, 4.69) is 192 Å². The molecule has 1 spiro atoms. The molecule has 0 radical (unpaired) electrons. The van der Waals surface area contributed by atoms with Crippen LogP contribution in [0, 0.1) is 0 Å². The number of para-hydroxylation sites is 1. The van der Waals surface area contributed by atoms with Gasteiger partial charge in [0.1, 0.15) is 5.75 Å². The number of anilines is 3. The molecule has 0 amide bonds. The molecule has 0 saturated carbocycles. The summed E-state index contributed by atoms with van der Waals surface area (Å²) in [5.74, 6) is 0.232. The second-order valence-electron chi connectivity index (χ2n) is 16.8. The van der Waals surface area contributed by atoms with Crippen LogP contribution in [-0.2, 0) is 16.2 Å². The fourth-order valence-corrected chi connectivity index (χ4v) is 8.91. The average molecular weight is 688 g/mol. The van der Waals surface area contributed by atoms with Crippen molar-refractivity contribution in [3.63, 3.8) is 0 Å². The molecule has 0 atom stereocenters. The summed E-state index contributed by atoms with van der Waals surface area (Å²) in [5.41, 5.74) is 17.3. The van der Waals surface area contributed by atoms with Gasteiger partial charge in [0.25, 0.3) is 0 Å². The Morgan fingerprint density at radius 3 is 1.42 bits per heavy atom. The molecule has 7 aromatic carbocycles. The van der Waals surface area contributed by atoms with Gasteiger partial charge in [-0.2, -0.15) is 0 Å². The van der Waals surface area contributed by atoms with Gasteiger partial charge in [0.2, 0.25) is 0 Å². The monoisotopic (exact) mass is 687 g/mol. The topological polar surface area (TPSA) is 23.5 Å². The molecule has 2 heteroatoms. The summed E-state index contributed by atoms with van der Waals surface area (Å²) in [4.78, 5) is 2.31. The third-order valence-electron chi connectivity index (χ3n) is 11.4. The molecule has 0 saturated heterocycles. The average Bonchev–Trinajstić information content (AvgIpc) is 3.62. The summed E-state index contributed by atoms with van der Waals surface area (Å²) < 4.78 is 0. The van der Waals surface area contributed by atoms with E-state index >= 15 is 0 Å². The Bertz CT molecular complexity index is 2450. The van der Waals surface area contributed by atoms with Crippen LogP contribution in [0.2, 0.25) is 0 Å². The Hall–Kier alpha value is -5.86. The van der Waals surface area contributed by atoms with Crippen LogP contribution in [0.5, 0.6) is 5.75 Å². The van der Waals surface area contributed by atoms with Crippen molar-refractivity contribution in [1.29, 1.82) is 0 Å². The normalized spacial score (nSPS) is 13.7. The van der Waals surface area contributed by atoms with E-state index in [4.69, 9.17) is 0 Å². The van der Waals surface area contributed by atoms with Crippen molar-refractivity contribution in [1.82, 2.24) is 0 Å². The van der Waals surface area contributed by atoms with E-state index in [0.29, 0.717) is 0 Å². The molecule has 0 aromatic heterocycles. The highest BCUT2D eigenvalue weighted by atomic mass is 16.3. The van der Waals surface area contributed by atoms with Crippen LogP contribution < -0.4 is 4.90 Å². The first-order chi connectivity index (χ1) is 25.5. The molecule has 53 heavy (non-hydrogen) atoms. The number of benzene rings is 7. The van der Waals surface area contributed by atoms with Gasteiger partial charge in [0, 0.05) is 17.4 Å². The molecule has 7 aromatic rings. The summed E-state index contributed by atoms with van der Waals surface area (Å²) in [6.07, 6.45) is 0. The predicted octanol–water partition coefficient (Wildman–Crippen LogP) is 13.5. The van der Waals surface area contributed by atoms with Crippen LogP contribution in [0.15, 0.2) is 158 Å². The van der Waals surface area contributed by atoms with Crippen LogP contribution in [0.25, 0.3) is 33.4 Å². The van der Waals surface area contributed by atoms with E-state index < -0.39 is 5.41 Å². The molecule has 260 valence electrons. The van der Waals surface area contributed by atoms with Gasteiger partial charge in [-0.25, -0.2) is 0 Å². The van der Waals surface area contributed by atoms with Crippen molar-refractivity contribution >= 4 is 17.1 Å². The fourth-order valence-electron chi connectivity index (χ4n) is 8.91. The summed E-state index contributed by atoms with van der Waals surface area (Å²) in [6, 6.07) is 57.2. The van der Waals surface area contributed by atoms with Crippen molar-refractivity contribution in [3.05, 3.63) is 191 Å². The molecule has 0 bridgehead atoms. The number of nitrogens with zero attached hydrogens (tertiary/aromatic N) is 1. The van der Waals surface area contributed by atoms with Crippen molar-refractivity contribution in [2.24, 2.45) is 0 Å². The number of rotatable bonds is 4. The van der Waals surface area contributed by atoms with Gasteiger partial charge in [0.05, 0.1) is 11.1 Å². The summed E-state index contributed by atoms with van der Waals surface area (Å²) in [6.45, 7) is 13.7. The van der Waals surface area contributed by atoms with Gasteiger partial charge < -0.3 is 10.0 Å². The molecule has 2 aliphatic rings. The number of phenolic OH excluding ortho intramolecular Hbond substituents is 1. The van der Waals surface area contributed by atoms with E-state index in [-0.39, 0.29) is 16.6 Å². The lowest BCUT2D eigenvalue weighted by Gasteiger charge is -2.33. The standard InChI is InChI=1S/C51H45NO/c1-49(2,3)34-29-35(50(4,5)6)31-38(30-34)52(36-17-8-7-9-18-36)37-27-33(28-39(53)32-37)40-22-16-23-44-43-21-12-15-26-47(43)51(48(40)44)45-24-13-10-19-41(45)42-20-11-14-25-46(42)51/h7-32,53H,1-6H3. The first kappa shape index (κ1) is 33.0. The minimum Gasteiger partial charge on any atom is -0.508 e. The maximum Gasteiger partial charge on any atom is 0.118 e. The third-order valence-corrected chi connectivity index (χ3v) is 11.4. The highest BCUT2D eigenvalue weighted by molar-refractivity contribution is 5.99. The van der Waals surface area contributed by atoms with Crippen LogP contribution in [-0.4, -0.2) is 5.11 Å². The number of hydrogen-bond acceptors (Lipinski definition) is 2. The molecule has 0 unspecified atom stereocenters. The lowest BCUT2D eigenvalue weighted by atomic mass is 9.68. The van der Waals surface area contributed by atoms with Crippen LogP contribution in [0.4, 0.5) is 17.1 Å². The van der Waals surface area contributed by atoms with Gasteiger partial charge >= 0.3 is 0 Å². The Morgan fingerprint density at radius 2 is 0.868 bits per heavy atom. The van der Waals surface area contributed by atoms with E-state index in [0.717, 1.165) is 28.2 Å². The number of hydrogen-bond donors (Lipinski definition) is 1. The Labute approximate surface area is 314 Å². The molecule has 1 N–H and O–H groups in total. The molecule has 0 fully saturated rings. The molecule has 0 heterocycles. The minimum atomic E-state index is -0.497. The van der Waals surface area contributed by atoms with E-state index in [1.165, 1.54) is 55.6 Å². The highest BCUT2D eigenvalue weighted by Gasteiger charge is 2.52. The summed E-state index contributed by atoms with van der Waals surface area (Å²) in [5, 5.41) is 11.7. The van der Waals surface area contributed by atoms with Crippen molar-refractivity contribution in [2.45, 2.75) is 57.8 Å². The number of phenols is 1. The van der Waals surface area contributed by atoms with Gasteiger partial charge in [-0.3, -0.25) is 0 Å². The lowest BCUT2D eigenvalue weighted by Crippen LogP contribution is -2.26. The first-order valence-electron chi connectivity index (χ1n) is 18.7. The third kappa shape index (κ3) is 5.07. The second-order valence-corrected chi connectivity index (χ2v) is 16.8. The van der Waals surface area contributed by atoms with E-state index in [9.17, 15) is 5.11 Å². The lowest BCUT2D eigenvalue weighted by molar-refractivity contribution is 0.475. The molecule has 9 rings (SSSR count). The number of fused-ring (bicyclic) bond motifs is 10. The fraction of sp³-hybridized carbons (Fsp3) is 0.176. The van der Waals surface area contributed by atoms with Gasteiger partial charge in [-0.1, -0.05) is 157 Å². The predicted molar refractivity (Wildman–Crippen MR) is 222 cm³/mol. The minimum absolute atomic E-state index is 0.0515. The largest absolute Gasteiger partial charge is 0.508 e.